The van der Waals surface area contributed by atoms with Gasteiger partial charge in [-0.1, -0.05) is 12.1 Å². The van der Waals surface area contributed by atoms with Crippen molar-refractivity contribution >= 4 is 46.8 Å². The number of nitrogens with zero attached hydrogens (tertiary/aromatic N) is 3. The van der Waals surface area contributed by atoms with Crippen LogP contribution in [0, 0.1) is 0 Å². The Labute approximate surface area is 224 Å². The second-order valence-electron chi connectivity index (χ2n) is 9.86. The highest BCUT2D eigenvalue weighted by Gasteiger charge is 2.39. The van der Waals surface area contributed by atoms with Gasteiger partial charge < -0.3 is 20.9 Å². The van der Waals surface area contributed by atoms with E-state index in [0.29, 0.717) is 28.6 Å². The Bertz CT molecular complexity index is 1500. The van der Waals surface area contributed by atoms with Gasteiger partial charge >= 0.3 is 0 Å². The molecular formula is C28H27N7O4. The van der Waals surface area contributed by atoms with E-state index in [1.165, 1.54) is 22.4 Å². The molecule has 0 saturated carbocycles. The van der Waals surface area contributed by atoms with Crippen LogP contribution in [0.1, 0.15) is 46.3 Å². The number of piperidine rings is 1. The van der Waals surface area contributed by atoms with Crippen molar-refractivity contribution in [3.05, 3.63) is 70.9 Å². The molecule has 6 rings (SSSR count). The molecule has 3 heterocycles. The number of amides is 4. The van der Waals surface area contributed by atoms with E-state index >= 15 is 0 Å². The Morgan fingerprint density at radius 1 is 1.05 bits per heavy atom. The maximum Gasteiger partial charge on any atom is 0.255 e. The van der Waals surface area contributed by atoms with Crippen LogP contribution in [0.2, 0.25) is 0 Å². The number of carbonyl (C=O) groups is 4. The molecular weight excluding hydrogens is 498 g/mol. The number of carbonyl (C=O) groups excluding carboxylic acids is 4. The fraction of sp³-hybridized carbons (Fsp3) is 0.286. The highest BCUT2D eigenvalue weighted by atomic mass is 16.2. The van der Waals surface area contributed by atoms with Gasteiger partial charge in [-0.05, 0) is 67.1 Å². The molecule has 1 fully saturated rings. The lowest BCUT2D eigenvalue weighted by Gasteiger charge is -2.29. The summed E-state index contributed by atoms with van der Waals surface area (Å²) in [5.41, 5.74) is 5.24. The number of hydrogen-bond acceptors (Lipinski definition) is 8. The number of imide groups is 1. The van der Waals surface area contributed by atoms with Crippen LogP contribution in [0.5, 0.6) is 0 Å². The number of hydrogen-bond donors (Lipinski definition) is 4. The van der Waals surface area contributed by atoms with Gasteiger partial charge in [-0.25, -0.2) is 4.98 Å². The summed E-state index contributed by atoms with van der Waals surface area (Å²) in [6, 6.07) is 12.3. The molecule has 0 bridgehead atoms. The summed E-state index contributed by atoms with van der Waals surface area (Å²) in [7, 11) is 0. The van der Waals surface area contributed by atoms with Crippen LogP contribution >= 0.6 is 0 Å². The van der Waals surface area contributed by atoms with E-state index in [1.807, 2.05) is 6.07 Å². The molecule has 1 unspecified atom stereocenters. The normalized spacial score (nSPS) is 17.9. The fourth-order valence-electron chi connectivity index (χ4n) is 5.36. The Morgan fingerprint density at radius 2 is 1.92 bits per heavy atom. The van der Waals surface area contributed by atoms with E-state index in [9.17, 15) is 19.2 Å². The van der Waals surface area contributed by atoms with Crippen LogP contribution in [-0.4, -0.2) is 51.1 Å². The van der Waals surface area contributed by atoms with Crippen molar-refractivity contribution in [2.45, 2.75) is 44.7 Å². The maximum absolute atomic E-state index is 13.0. The van der Waals surface area contributed by atoms with Crippen LogP contribution < -0.4 is 21.3 Å². The highest BCUT2D eigenvalue weighted by molar-refractivity contribution is 6.07. The maximum atomic E-state index is 13.0. The smallest absolute Gasteiger partial charge is 0.255 e. The lowest BCUT2D eigenvalue weighted by atomic mass is 10.0. The third-order valence-corrected chi connectivity index (χ3v) is 7.30. The summed E-state index contributed by atoms with van der Waals surface area (Å²) >= 11 is 0. The topological polar surface area (TPSA) is 145 Å². The summed E-state index contributed by atoms with van der Waals surface area (Å²) in [4.78, 5) is 59.8. The van der Waals surface area contributed by atoms with Crippen LogP contribution in [0.3, 0.4) is 0 Å². The first-order valence-electron chi connectivity index (χ1n) is 13.0. The van der Waals surface area contributed by atoms with Crippen molar-refractivity contribution in [2.75, 3.05) is 22.5 Å². The average Bonchev–Trinajstić information content (AvgIpc) is 3.52. The molecule has 1 atom stereocenters. The van der Waals surface area contributed by atoms with Crippen LogP contribution in [0.15, 0.2) is 48.7 Å². The third kappa shape index (κ3) is 5.02. The van der Waals surface area contributed by atoms with Gasteiger partial charge in [0.1, 0.15) is 11.9 Å². The second-order valence-corrected chi connectivity index (χ2v) is 9.86. The number of aryl methyl sites for hydroxylation is 2. The molecule has 3 aromatic rings. The third-order valence-electron chi connectivity index (χ3n) is 7.30. The van der Waals surface area contributed by atoms with Crippen LogP contribution in [0.4, 0.5) is 23.1 Å². The molecule has 198 valence electrons. The fourth-order valence-corrected chi connectivity index (χ4v) is 5.36. The van der Waals surface area contributed by atoms with Crippen LogP contribution in [-0.2, 0) is 33.8 Å². The van der Waals surface area contributed by atoms with E-state index in [2.05, 4.69) is 43.4 Å². The van der Waals surface area contributed by atoms with E-state index in [0.717, 1.165) is 18.5 Å². The quantitative estimate of drug-likeness (QED) is 0.344. The number of nitrogens with one attached hydrogen (secondary N) is 4. The molecule has 1 aromatic heterocycles. The summed E-state index contributed by atoms with van der Waals surface area (Å²) in [6.07, 6.45) is 5.45. The molecule has 1 aliphatic carbocycles. The number of rotatable bonds is 7. The van der Waals surface area contributed by atoms with Gasteiger partial charge in [-0.2, -0.15) is 4.98 Å². The summed E-state index contributed by atoms with van der Waals surface area (Å²) in [6.45, 7) is 0.123. The Kier molecular flexibility index (Phi) is 6.39. The Hall–Kier alpha value is -4.80. The molecule has 39 heavy (non-hydrogen) atoms. The van der Waals surface area contributed by atoms with Gasteiger partial charge in [0, 0.05) is 41.7 Å². The Balaban J connectivity index is 1.08. The molecule has 0 spiro atoms. The van der Waals surface area contributed by atoms with Crippen molar-refractivity contribution in [3.8, 4) is 0 Å². The van der Waals surface area contributed by atoms with Gasteiger partial charge in [-0.3, -0.25) is 24.5 Å². The summed E-state index contributed by atoms with van der Waals surface area (Å²) < 4.78 is 0. The van der Waals surface area contributed by atoms with Gasteiger partial charge in [-0.15, -0.1) is 0 Å². The first-order valence-corrected chi connectivity index (χ1v) is 13.0. The van der Waals surface area contributed by atoms with Gasteiger partial charge in [0.05, 0.1) is 6.54 Å². The van der Waals surface area contributed by atoms with Crippen molar-refractivity contribution in [1.29, 1.82) is 0 Å². The minimum absolute atomic E-state index is 0.0518. The van der Waals surface area contributed by atoms with E-state index in [-0.39, 0.29) is 43.7 Å². The predicted octanol–water partition coefficient (Wildman–Crippen LogP) is 2.52. The number of anilines is 4. The van der Waals surface area contributed by atoms with Gasteiger partial charge in [0.15, 0.2) is 0 Å². The second kappa shape index (κ2) is 10.2. The largest absolute Gasteiger partial charge is 0.361 e. The average molecular weight is 526 g/mol. The molecule has 11 heteroatoms. The number of benzene rings is 2. The monoisotopic (exact) mass is 525 g/mol. The molecule has 4 N–H and O–H groups in total. The van der Waals surface area contributed by atoms with E-state index < -0.39 is 11.9 Å². The van der Waals surface area contributed by atoms with Gasteiger partial charge in [0.25, 0.3) is 5.91 Å². The molecule has 1 saturated heterocycles. The van der Waals surface area contributed by atoms with Crippen molar-refractivity contribution in [3.63, 3.8) is 0 Å². The molecule has 4 amide bonds. The molecule has 3 aliphatic rings. The van der Waals surface area contributed by atoms with E-state index in [1.54, 1.807) is 30.5 Å². The predicted molar refractivity (Wildman–Crippen MR) is 143 cm³/mol. The highest BCUT2D eigenvalue weighted by Crippen LogP contribution is 2.32. The summed E-state index contributed by atoms with van der Waals surface area (Å²) in [5, 5.41) is 11.4. The molecule has 2 aliphatic heterocycles. The Morgan fingerprint density at radius 3 is 2.79 bits per heavy atom. The lowest BCUT2D eigenvalue weighted by molar-refractivity contribution is -0.137. The molecule has 11 nitrogen and oxygen atoms in total. The zero-order valence-corrected chi connectivity index (χ0v) is 21.1. The minimum Gasteiger partial charge on any atom is -0.361 e. The van der Waals surface area contributed by atoms with Gasteiger partial charge in [0.2, 0.25) is 23.7 Å². The summed E-state index contributed by atoms with van der Waals surface area (Å²) in [5.74, 6) is -0.513. The zero-order chi connectivity index (χ0) is 26.9. The number of fused-ring (bicyclic) bond motifs is 2. The minimum atomic E-state index is -0.717. The van der Waals surface area contributed by atoms with E-state index in [4.69, 9.17) is 0 Å². The first-order chi connectivity index (χ1) is 18.9. The number of aromatic nitrogens is 2. The first kappa shape index (κ1) is 24.5. The SMILES string of the molecule is O=C1CCC(N2Cc3c(NC(=O)CNc4ccnc(Nc5ccc6c(c5)CCC6)n4)cccc3C2=O)C(=O)N1. The zero-order valence-electron chi connectivity index (χ0n) is 21.1. The standard InChI is InChI=1S/C28H27N7O4/c36-24-10-9-22(26(38)34-24)35-15-20-19(27(35)39)5-2-6-21(20)32-25(37)14-30-23-11-12-29-28(33-23)31-18-8-7-16-3-1-4-17(16)13-18/h2,5-8,11-13,22H,1,3-4,9-10,14-15H2,(H,32,37)(H,34,36,38)(H2,29,30,31,33). The van der Waals surface area contributed by atoms with Crippen molar-refractivity contribution in [2.24, 2.45) is 0 Å². The molecule has 2 aromatic carbocycles. The molecule has 0 radical (unpaired) electrons. The van der Waals surface area contributed by atoms with Crippen molar-refractivity contribution < 1.29 is 19.2 Å². The van der Waals surface area contributed by atoms with Crippen molar-refractivity contribution in [1.82, 2.24) is 20.2 Å². The lowest BCUT2D eigenvalue weighted by Crippen LogP contribution is -2.52. The van der Waals surface area contributed by atoms with Crippen LogP contribution in [0.25, 0.3) is 0 Å².